The summed E-state index contributed by atoms with van der Waals surface area (Å²) in [4.78, 5) is 11.2. The summed E-state index contributed by atoms with van der Waals surface area (Å²) in [5.41, 5.74) is 0. The standard InChI is InChI=1S/C12H22O5/c13-7-1-2-8-15-11(14)5-3-9-16-12-6-4-10-17-12/h12-13H,1-10H2. The smallest absolute Gasteiger partial charge is 0.305 e. The first-order valence-electron chi connectivity index (χ1n) is 6.32. The summed E-state index contributed by atoms with van der Waals surface area (Å²) < 4.78 is 15.7. The molecule has 0 bridgehead atoms. The van der Waals surface area contributed by atoms with Gasteiger partial charge in [0, 0.05) is 26.1 Å². The molecule has 5 heteroatoms. The van der Waals surface area contributed by atoms with Crippen LogP contribution in [0.25, 0.3) is 0 Å². The van der Waals surface area contributed by atoms with Gasteiger partial charge >= 0.3 is 5.97 Å². The third-order valence-corrected chi connectivity index (χ3v) is 2.53. The first-order chi connectivity index (χ1) is 8.33. The molecule has 0 aliphatic carbocycles. The van der Waals surface area contributed by atoms with Gasteiger partial charge in [0.1, 0.15) is 0 Å². The van der Waals surface area contributed by atoms with Gasteiger partial charge in [0.15, 0.2) is 6.29 Å². The van der Waals surface area contributed by atoms with E-state index in [1.807, 2.05) is 0 Å². The van der Waals surface area contributed by atoms with Crippen molar-refractivity contribution in [3.8, 4) is 0 Å². The van der Waals surface area contributed by atoms with E-state index in [0.717, 1.165) is 19.4 Å². The summed E-state index contributed by atoms with van der Waals surface area (Å²) in [5.74, 6) is -0.195. The van der Waals surface area contributed by atoms with E-state index in [-0.39, 0.29) is 18.9 Å². The molecule has 1 aliphatic rings. The van der Waals surface area contributed by atoms with Gasteiger partial charge in [-0.15, -0.1) is 0 Å². The number of carbonyl (C=O) groups excluding carboxylic acids is 1. The molecular weight excluding hydrogens is 224 g/mol. The Labute approximate surface area is 102 Å². The second-order valence-corrected chi connectivity index (χ2v) is 4.07. The molecular formula is C12H22O5. The van der Waals surface area contributed by atoms with Gasteiger partial charge in [0.25, 0.3) is 0 Å². The zero-order valence-corrected chi connectivity index (χ0v) is 10.2. The molecule has 1 fully saturated rings. The van der Waals surface area contributed by atoms with Crippen LogP contribution in [0.3, 0.4) is 0 Å². The molecule has 5 nitrogen and oxygen atoms in total. The Morgan fingerprint density at radius 2 is 2.18 bits per heavy atom. The maximum absolute atomic E-state index is 11.2. The maximum Gasteiger partial charge on any atom is 0.305 e. The van der Waals surface area contributed by atoms with Gasteiger partial charge in [-0.05, 0) is 25.7 Å². The van der Waals surface area contributed by atoms with Crippen LogP contribution in [0.5, 0.6) is 0 Å². The molecule has 1 aliphatic heterocycles. The number of carbonyl (C=O) groups is 1. The number of ether oxygens (including phenoxy) is 3. The lowest BCUT2D eigenvalue weighted by atomic mass is 10.3. The van der Waals surface area contributed by atoms with Crippen molar-refractivity contribution in [3.63, 3.8) is 0 Å². The number of esters is 1. The quantitative estimate of drug-likeness (QED) is 0.490. The highest BCUT2D eigenvalue weighted by Gasteiger charge is 2.15. The van der Waals surface area contributed by atoms with Gasteiger partial charge in [-0.25, -0.2) is 0 Å². The number of aliphatic hydroxyl groups is 1. The van der Waals surface area contributed by atoms with Crippen molar-refractivity contribution in [1.82, 2.24) is 0 Å². The third-order valence-electron chi connectivity index (χ3n) is 2.53. The molecule has 100 valence electrons. The highest BCUT2D eigenvalue weighted by molar-refractivity contribution is 5.69. The van der Waals surface area contributed by atoms with Crippen molar-refractivity contribution in [2.24, 2.45) is 0 Å². The van der Waals surface area contributed by atoms with Gasteiger partial charge in [0.05, 0.1) is 13.2 Å². The highest BCUT2D eigenvalue weighted by Crippen LogP contribution is 2.13. The predicted octanol–water partition coefficient (Wildman–Crippen LogP) is 1.24. The molecule has 0 saturated carbocycles. The molecule has 0 amide bonds. The lowest BCUT2D eigenvalue weighted by molar-refractivity contribution is -0.145. The number of hydrogen-bond acceptors (Lipinski definition) is 5. The minimum absolute atomic E-state index is 0.0735. The van der Waals surface area contributed by atoms with Gasteiger partial charge in [-0.2, -0.15) is 0 Å². The van der Waals surface area contributed by atoms with E-state index in [0.29, 0.717) is 38.9 Å². The molecule has 0 radical (unpaired) electrons. The van der Waals surface area contributed by atoms with Crippen LogP contribution in [0, 0.1) is 0 Å². The van der Waals surface area contributed by atoms with E-state index in [4.69, 9.17) is 19.3 Å². The molecule has 1 N–H and O–H groups in total. The first kappa shape index (κ1) is 14.4. The largest absolute Gasteiger partial charge is 0.466 e. The number of aliphatic hydroxyl groups excluding tert-OH is 1. The molecule has 1 rings (SSSR count). The van der Waals surface area contributed by atoms with E-state index in [9.17, 15) is 4.79 Å². The SMILES string of the molecule is O=C(CCCOC1CCCO1)OCCCCO. The van der Waals surface area contributed by atoms with E-state index >= 15 is 0 Å². The Morgan fingerprint density at radius 1 is 1.29 bits per heavy atom. The molecule has 1 saturated heterocycles. The minimum Gasteiger partial charge on any atom is -0.466 e. The van der Waals surface area contributed by atoms with Crippen LogP contribution in [0.15, 0.2) is 0 Å². The van der Waals surface area contributed by atoms with E-state index in [1.54, 1.807) is 0 Å². The average Bonchev–Trinajstić information content (AvgIpc) is 2.83. The summed E-state index contributed by atoms with van der Waals surface area (Å²) in [6.45, 7) is 1.85. The van der Waals surface area contributed by atoms with Crippen molar-refractivity contribution in [3.05, 3.63) is 0 Å². The number of rotatable bonds is 9. The number of unbranched alkanes of at least 4 members (excludes halogenated alkanes) is 1. The Hall–Kier alpha value is -0.650. The fourth-order valence-corrected chi connectivity index (χ4v) is 1.58. The molecule has 0 aromatic heterocycles. The van der Waals surface area contributed by atoms with Crippen molar-refractivity contribution in [2.45, 2.75) is 44.8 Å². The molecule has 1 heterocycles. The third kappa shape index (κ3) is 7.31. The normalized spacial score (nSPS) is 19.5. The molecule has 1 unspecified atom stereocenters. The fraction of sp³-hybridized carbons (Fsp3) is 0.917. The Bertz CT molecular complexity index is 201. The van der Waals surface area contributed by atoms with Crippen LogP contribution in [-0.4, -0.2) is 43.8 Å². The zero-order chi connectivity index (χ0) is 12.3. The van der Waals surface area contributed by atoms with E-state index in [2.05, 4.69) is 0 Å². The fourth-order valence-electron chi connectivity index (χ4n) is 1.58. The summed E-state index contributed by atoms with van der Waals surface area (Å²) in [7, 11) is 0. The Kier molecular flexibility index (Phi) is 7.96. The molecule has 1 atom stereocenters. The van der Waals surface area contributed by atoms with E-state index < -0.39 is 0 Å². The molecule has 0 spiro atoms. The van der Waals surface area contributed by atoms with Crippen LogP contribution in [0.2, 0.25) is 0 Å². The van der Waals surface area contributed by atoms with E-state index in [1.165, 1.54) is 0 Å². The molecule has 0 aromatic carbocycles. The van der Waals surface area contributed by atoms with Crippen LogP contribution in [0.4, 0.5) is 0 Å². The second-order valence-electron chi connectivity index (χ2n) is 4.07. The first-order valence-corrected chi connectivity index (χ1v) is 6.32. The van der Waals surface area contributed by atoms with Gasteiger partial charge < -0.3 is 19.3 Å². The summed E-state index contributed by atoms with van der Waals surface area (Å²) in [6, 6.07) is 0. The van der Waals surface area contributed by atoms with Crippen LogP contribution in [-0.2, 0) is 19.0 Å². The van der Waals surface area contributed by atoms with Crippen molar-refractivity contribution in [2.75, 3.05) is 26.4 Å². The lowest BCUT2D eigenvalue weighted by Gasteiger charge is -2.10. The second kappa shape index (κ2) is 9.39. The summed E-state index contributed by atoms with van der Waals surface area (Å²) in [5, 5.41) is 8.54. The minimum atomic E-state index is -0.195. The van der Waals surface area contributed by atoms with Crippen molar-refractivity contribution >= 4 is 5.97 Å². The zero-order valence-electron chi connectivity index (χ0n) is 10.2. The van der Waals surface area contributed by atoms with Gasteiger partial charge in [-0.1, -0.05) is 0 Å². The average molecular weight is 246 g/mol. The van der Waals surface area contributed by atoms with Crippen LogP contribution in [0.1, 0.15) is 38.5 Å². The maximum atomic E-state index is 11.2. The van der Waals surface area contributed by atoms with Crippen molar-refractivity contribution < 1.29 is 24.1 Å². The topological polar surface area (TPSA) is 65.0 Å². The molecule has 0 aromatic rings. The highest BCUT2D eigenvalue weighted by atomic mass is 16.7. The number of hydrogen-bond donors (Lipinski definition) is 1. The molecule has 17 heavy (non-hydrogen) atoms. The van der Waals surface area contributed by atoms with Crippen LogP contribution < -0.4 is 0 Å². The summed E-state index contributed by atoms with van der Waals surface area (Å²) in [6.07, 6.45) is 4.37. The Balaban J connectivity index is 1.85. The summed E-state index contributed by atoms with van der Waals surface area (Å²) >= 11 is 0. The Morgan fingerprint density at radius 3 is 2.88 bits per heavy atom. The monoisotopic (exact) mass is 246 g/mol. The predicted molar refractivity (Wildman–Crippen MR) is 61.4 cm³/mol. The van der Waals surface area contributed by atoms with Crippen molar-refractivity contribution in [1.29, 1.82) is 0 Å². The lowest BCUT2D eigenvalue weighted by Crippen LogP contribution is -2.13. The van der Waals surface area contributed by atoms with Gasteiger partial charge in [0.2, 0.25) is 0 Å². The van der Waals surface area contributed by atoms with Gasteiger partial charge in [-0.3, -0.25) is 4.79 Å². The van der Waals surface area contributed by atoms with Crippen LogP contribution >= 0.6 is 0 Å².